The van der Waals surface area contributed by atoms with Crippen LogP contribution in [0.2, 0.25) is 0 Å². The standard InChI is InChI=1S/C15H20FN3O2.ClH/c16-12-4-5-15(19(20)21)11(6-12)8-18-7-10-2-1-3-14(17)13(10)9-18;/h4-6,10,13-14H,1-3,7-9,17H2;1H. The van der Waals surface area contributed by atoms with Gasteiger partial charge in [-0.05, 0) is 36.8 Å². The van der Waals surface area contributed by atoms with Gasteiger partial charge in [-0.1, -0.05) is 6.42 Å². The maximum atomic E-state index is 13.4. The fraction of sp³-hybridized carbons (Fsp3) is 0.600. The normalized spacial score (nSPS) is 28.0. The molecule has 2 fully saturated rings. The Kier molecular flexibility index (Phi) is 5.36. The number of halogens is 2. The zero-order valence-corrected chi connectivity index (χ0v) is 13.1. The molecule has 0 radical (unpaired) electrons. The van der Waals surface area contributed by atoms with Crippen LogP contribution in [0.15, 0.2) is 18.2 Å². The molecule has 122 valence electrons. The smallest absolute Gasteiger partial charge is 0.274 e. The molecule has 0 amide bonds. The topological polar surface area (TPSA) is 72.4 Å². The highest BCUT2D eigenvalue weighted by Crippen LogP contribution is 2.36. The maximum Gasteiger partial charge on any atom is 0.274 e. The Hall–Kier alpha value is -1.24. The third kappa shape index (κ3) is 3.39. The average Bonchev–Trinajstić information content (AvgIpc) is 2.82. The highest BCUT2D eigenvalue weighted by atomic mass is 35.5. The molecule has 2 N–H and O–H groups in total. The van der Waals surface area contributed by atoms with Crippen LogP contribution in [0.5, 0.6) is 0 Å². The highest BCUT2D eigenvalue weighted by molar-refractivity contribution is 5.85. The summed E-state index contributed by atoms with van der Waals surface area (Å²) in [6, 6.07) is 3.90. The Morgan fingerprint density at radius 3 is 2.82 bits per heavy atom. The monoisotopic (exact) mass is 329 g/mol. The van der Waals surface area contributed by atoms with Crippen molar-refractivity contribution in [1.82, 2.24) is 4.90 Å². The second-order valence-electron chi connectivity index (χ2n) is 6.24. The highest BCUT2D eigenvalue weighted by Gasteiger charge is 2.38. The first kappa shape index (κ1) is 17.1. The molecule has 1 saturated carbocycles. The van der Waals surface area contributed by atoms with Gasteiger partial charge in [0.25, 0.3) is 5.69 Å². The van der Waals surface area contributed by atoms with E-state index in [0.717, 1.165) is 32.0 Å². The van der Waals surface area contributed by atoms with Crippen molar-refractivity contribution in [3.05, 3.63) is 39.7 Å². The van der Waals surface area contributed by atoms with E-state index in [9.17, 15) is 14.5 Å². The van der Waals surface area contributed by atoms with E-state index in [1.165, 1.54) is 18.6 Å². The van der Waals surface area contributed by atoms with Gasteiger partial charge in [-0.25, -0.2) is 4.39 Å². The average molecular weight is 330 g/mol. The van der Waals surface area contributed by atoms with Gasteiger partial charge in [-0.3, -0.25) is 15.0 Å². The molecular formula is C15H21ClFN3O2. The molecule has 1 saturated heterocycles. The molecule has 3 unspecified atom stereocenters. The number of likely N-dealkylation sites (tertiary alicyclic amines) is 1. The van der Waals surface area contributed by atoms with E-state index in [4.69, 9.17) is 5.73 Å². The van der Waals surface area contributed by atoms with Gasteiger partial charge in [0, 0.05) is 37.3 Å². The van der Waals surface area contributed by atoms with Gasteiger partial charge in [0.2, 0.25) is 0 Å². The predicted molar refractivity (Wildman–Crippen MR) is 84.4 cm³/mol. The summed E-state index contributed by atoms with van der Waals surface area (Å²) in [7, 11) is 0. The summed E-state index contributed by atoms with van der Waals surface area (Å²) in [5.41, 5.74) is 6.63. The largest absolute Gasteiger partial charge is 0.327 e. The summed E-state index contributed by atoms with van der Waals surface area (Å²) in [6.07, 6.45) is 3.41. The van der Waals surface area contributed by atoms with Crippen molar-refractivity contribution in [2.24, 2.45) is 17.6 Å². The Balaban J connectivity index is 0.00000176. The Morgan fingerprint density at radius 2 is 2.14 bits per heavy atom. The van der Waals surface area contributed by atoms with Crippen LogP contribution in [0.1, 0.15) is 24.8 Å². The fourth-order valence-corrected chi connectivity index (χ4v) is 3.84. The van der Waals surface area contributed by atoms with Crippen molar-refractivity contribution >= 4 is 18.1 Å². The molecular weight excluding hydrogens is 309 g/mol. The van der Waals surface area contributed by atoms with Crippen LogP contribution in [0, 0.1) is 27.8 Å². The first-order valence-corrected chi connectivity index (χ1v) is 7.45. The van der Waals surface area contributed by atoms with Crippen LogP contribution in [0.25, 0.3) is 0 Å². The van der Waals surface area contributed by atoms with E-state index in [1.807, 2.05) is 0 Å². The third-order valence-corrected chi connectivity index (χ3v) is 4.86. The summed E-state index contributed by atoms with van der Waals surface area (Å²) in [6.45, 7) is 2.19. The molecule has 1 aliphatic heterocycles. The lowest BCUT2D eigenvalue weighted by molar-refractivity contribution is -0.385. The molecule has 2 aliphatic rings. The van der Waals surface area contributed by atoms with Crippen molar-refractivity contribution in [1.29, 1.82) is 0 Å². The van der Waals surface area contributed by atoms with E-state index in [-0.39, 0.29) is 24.1 Å². The summed E-state index contributed by atoms with van der Waals surface area (Å²) >= 11 is 0. The van der Waals surface area contributed by atoms with E-state index >= 15 is 0 Å². The van der Waals surface area contributed by atoms with Gasteiger partial charge in [-0.15, -0.1) is 12.4 Å². The first-order valence-electron chi connectivity index (χ1n) is 7.45. The molecule has 3 rings (SSSR count). The van der Waals surface area contributed by atoms with Gasteiger partial charge in [0.05, 0.1) is 4.92 Å². The van der Waals surface area contributed by atoms with Crippen LogP contribution in [-0.2, 0) is 6.54 Å². The molecule has 1 heterocycles. The number of hydrogen-bond donors (Lipinski definition) is 1. The molecule has 0 aromatic heterocycles. The van der Waals surface area contributed by atoms with Gasteiger partial charge >= 0.3 is 0 Å². The number of nitro benzene ring substituents is 1. The lowest BCUT2D eigenvalue weighted by atomic mass is 9.78. The number of fused-ring (bicyclic) bond motifs is 1. The molecule has 22 heavy (non-hydrogen) atoms. The first-order chi connectivity index (χ1) is 10.0. The summed E-state index contributed by atoms with van der Waals surface area (Å²) in [5.74, 6) is 0.636. The number of nitrogens with zero attached hydrogens (tertiary/aromatic N) is 2. The molecule has 1 aromatic carbocycles. The second-order valence-corrected chi connectivity index (χ2v) is 6.24. The third-order valence-electron chi connectivity index (χ3n) is 4.86. The van der Waals surface area contributed by atoms with Crippen LogP contribution in [0.3, 0.4) is 0 Å². The summed E-state index contributed by atoms with van der Waals surface area (Å²) in [4.78, 5) is 12.8. The van der Waals surface area contributed by atoms with Crippen LogP contribution < -0.4 is 5.73 Å². The number of hydrogen-bond acceptors (Lipinski definition) is 4. The lowest BCUT2D eigenvalue weighted by Gasteiger charge is -2.29. The van der Waals surface area contributed by atoms with E-state index in [2.05, 4.69) is 4.90 Å². The number of nitrogens with two attached hydrogens (primary N) is 1. The summed E-state index contributed by atoms with van der Waals surface area (Å²) in [5, 5.41) is 11.1. The molecule has 0 bridgehead atoms. The fourth-order valence-electron chi connectivity index (χ4n) is 3.84. The minimum absolute atomic E-state index is 0. The molecule has 1 aliphatic carbocycles. The number of benzene rings is 1. The van der Waals surface area contributed by atoms with Gasteiger partial charge in [-0.2, -0.15) is 0 Å². The van der Waals surface area contributed by atoms with E-state index < -0.39 is 10.7 Å². The minimum atomic E-state index is -0.441. The SMILES string of the molecule is Cl.NC1CCCC2CN(Cc3cc(F)ccc3[N+](=O)[O-])CC12. The van der Waals surface area contributed by atoms with Crippen LogP contribution >= 0.6 is 12.4 Å². The molecule has 0 spiro atoms. The Bertz CT molecular complexity index is 558. The van der Waals surface area contributed by atoms with Crippen LogP contribution in [0.4, 0.5) is 10.1 Å². The Labute approximate surface area is 135 Å². The van der Waals surface area contributed by atoms with E-state index in [0.29, 0.717) is 23.9 Å². The van der Waals surface area contributed by atoms with Gasteiger partial charge in [0.15, 0.2) is 0 Å². The van der Waals surface area contributed by atoms with Crippen molar-refractivity contribution in [2.45, 2.75) is 31.8 Å². The molecule has 3 atom stereocenters. The lowest BCUT2D eigenvalue weighted by Crippen LogP contribution is -2.38. The quantitative estimate of drug-likeness (QED) is 0.683. The summed E-state index contributed by atoms with van der Waals surface area (Å²) < 4.78 is 13.4. The van der Waals surface area contributed by atoms with Crippen molar-refractivity contribution in [2.75, 3.05) is 13.1 Å². The van der Waals surface area contributed by atoms with Gasteiger partial charge in [0.1, 0.15) is 5.82 Å². The minimum Gasteiger partial charge on any atom is -0.327 e. The van der Waals surface area contributed by atoms with Crippen molar-refractivity contribution in [3.8, 4) is 0 Å². The number of nitro groups is 1. The van der Waals surface area contributed by atoms with Crippen LogP contribution in [-0.4, -0.2) is 29.0 Å². The molecule has 1 aromatic rings. The van der Waals surface area contributed by atoms with Gasteiger partial charge < -0.3 is 5.73 Å². The molecule has 5 nitrogen and oxygen atoms in total. The number of rotatable bonds is 3. The zero-order valence-electron chi connectivity index (χ0n) is 12.3. The zero-order chi connectivity index (χ0) is 15.0. The second kappa shape index (κ2) is 6.89. The molecule has 7 heteroatoms. The van der Waals surface area contributed by atoms with E-state index in [1.54, 1.807) is 0 Å². The van der Waals surface area contributed by atoms with Crippen molar-refractivity contribution in [3.63, 3.8) is 0 Å². The Morgan fingerprint density at radius 1 is 1.36 bits per heavy atom. The predicted octanol–water partition coefficient (Wildman–Crippen LogP) is 2.71. The maximum absolute atomic E-state index is 13.4. The van der Waals surface area contributed by atoms with Crippen molar-refractivity contribution < 1.29 is 9.31 Å².